The van der Waals surface area contributed by atoms with Gasteiger partial charge in [-0.25, -0.2) is 4.90 Å². The van der Waals surface area contributed by atoms with Gasteiger partial charge in [-0.1, -0.05) is 37.3 Å². The predicted octanol–water partition coefficient (Wildman–Crippen LogP) is 3.66. The van der Waals surface area contributed by atoms with Gasteiger partial charge in [0.1, 0.15) is 5.75 Å². The third kappa shape index (κ3) is 3.71. The lowest BCUT2D eigenvalue weighted by molar-refractivity contribution is -0.139. The van der Waals surface area contributed by atoms with Crippen molar-refractivity contribution in [2.45, 2.75) is 26.7 Å². The van der Waals surface area contributed by atoms with E-state index < -0.39 is 11.9 Å². The zero-order valence-corrected chi connectivity index (χ0v) is 19.1. The van der Waals surface area contributed by atoms with Crippen LogP contribution in [0.25, 0.3) is 0 Å². The van der Waals surface area contributed by atoms with Gasteiger partial charge in [0.05, 0.1) is 23.4 Å². The van der Waals surface area contributed by atoms with Gasteiger partial charge >= 0.3 is 5.97 Å². The number of imide groups is 1. The summed E-state index contributed by atoms with van der Waals surface area (Å²) < 4.78 is 5.58. The first-order valence-corrected chi connectivity index (χ1v) is 11.6. The van der Waals surface area contributed by atoms with Gasteiger partial charge in [-0.2, -0.15) is 0 Å². The quantitative estimate of drug-likeness (QED) is 0.302. The summed E-state index contributed by atoms with van der Waals surface area (Å²) in [6.45, 7) is 4.02. The molecule has 7 nitrogen and oxygen atoms in total. The van der Waals surface area contributed by atoms with Crippen LogP contribution in [0, 0.1) is 30.6 Å². The standard InChI is InChI=1S/C27H26N2O5/c1-16-7-6-10-21-24(16)26(32)29(25(21)31)22-12-11-20(13-17(22)2)34-27(33)18-14-23(30)28(15-18)19-8-4-3-5-9-19/h3-9,11-13,16,18,21,24H,10,14-15H2,1-2H3/t16-,18+,21+,24-/m0/s1. The molecular formula is C27H26N2O5. The molecule has 34 heavy (non-hydrogen) atoms. The fourth-order valence-corrected chi connectivity index (χ4v) is 5.25. The molecule has 2 heterocycles. The number of esters is 1. The molecular weight excluding hydrogens is 432 g/mol. The normalized spacial score (nSPS) is 26.2. The van der Waals surface area contributed by atoms with Crippen molar-refractivity contribution in [2.75, 3.05) is 16.3 Å². The maximum atomic E-state index is 13.1. The molecule has 5 rings (SSSR count). The van der Waals surface area contributed by atoms with Crippen molar-refractivity contribution in [2.24, 2.45) is 23.7 Å². The van der Waals surface area contributed by atoms with Crippen LogP contribution in [0.15, 0.2) is 60.7 Å². The van der Waals surface area contributed by atoms with Crippen molar-refractivity contribution in [3.05, 3.63) is 66.2 Å². The molecule has 2 aromatic rings. The Morgan fingerprint density at radius 2 is 1.79 bits per heavy atom. The summed E-state index contributed by atoms with van der Waals surface area (Å²) in [5, 5.41) is 0. The number of nitrogens with zero attached hydrogens (tertiary/aromatic N) is 2. The summed E-state index contributed by atoms with van der Waals surface area (Å²) in [6.07, 6.45) is 4.64. The number of rotatable bonds is 4. The molecule has 0 aromatic heterocycles. The topological polar surface area (TPSA) is 84.0 Å². The second-order valence-corrected chi connectivity index (χ2v) is 9.28. The maximum absolute atomic E-state index is 13.1. The number of fused-ring (bicyclic) bond motifs is 1. The molecule has 7 heteroatoms. The van der Waals surface area contributed by atoms with Gasteiger partial charge in [-0.05, 0) is 55.2 Å². The molecule has 2 aliphatic heterocycles. The number of carbonyl (C=O) groups excluding carboxylic acids is 4. The number of hydrogen-bond acceptors (Lipinski definition) is 5. The summed E-state index contributed by atoms with van der Waals surface area (Å²) in [6, 6.07) is 14.1. The third-order valence-electron chi connectivity index (χ3n) is 7.03. The van der Waals surface area contributed by atoms with Crippen LogP contribution in [0.5, 0.6) is 5.75 Å². The zero-order chi connectivity index (χ0) is 24.0. The number of amides is 3. The number of ether oxygens (including phenoxy) is 1. The van der Waals surface area contributed by atoms with E-state index in [1.807, 2.05) is 49.4 Å². The van der Waals surface area contributed by atoms with Gasteiger partial charge in [-0.15, -0.1) is 0 Å². The average molecular weight is 459 g/mol. The van der Waals surface area contributed by atoms with Gasteiger partial charge < -0.3 is 9.64 Å². The first-order valence-electron chi connectivity index (χ1n) is 11.6. The Labute approximate surface area is 198 Å². The van der Waals surface area contributed by atoms with Crippen molar-refractivity contribution in [3.63, 3.8) is 0 Å². The molecule has 174 valence electrons. The number of aryl methyl sites for hydroxylation is 1. The van der Waals surface area contributed by atoms with E-state index in [1.165, 1.54) is 4.90 Å². The highest BCUT2D eigenvalue weighted by Crippen LogP contribution is 2.41. The fraction of sp³-hybridized carbons (Fsp3) is 0.333. The minimum absolute atomic E-state index is 0.0188. The maximum Gasteiger partial charge on any atom is 0.316 e. The Hall–Kier alpha value is -3.74. The molecule has 3 aliphatic rings. The first kappa shape index (κ1) is 22.1. The van der Waals surface area contributed by atoms with E-state index in [0.717, 1.165) is 5.69 Å². The van der Waals surface area contributed by atoms with Crippen molar-refractivity contribution in [1.82, 2.24) is 0 Å². The summed E-state index contributed by atoms with van der Waals surface area (Å²) in [5.74, 6) is -1.82. The summed E-state index contributed by atoms with van der Waals surface area (Å²) >= 11 is 0. The minimum Gasteiger partial charge on any atom is -0.426 e. The van der Waals surface area contributed by atoms with Crippen molar-refractivity contribution < 1.29 is 23.9 Å². The molecule has 0 radical (unpaired) electrons. The largest absolute Gasteiger partial charge is 0.426 e. The molecule has 0 spiro atoms. The molecule has 0 unspecified atom stereocenters. The molecule has 2 fully saturated rings. The molecule has 0 bridgehead atoms. The highest BCUT2D eigenvalue weighted by atomic mass is 16.5. The number of allylic oxidation sites excluding steroid dienone is 2. The van der Waals surface area contributed by atoms with Crippen LogP contribution < -0.4 is 14.5 Å². The highest BCUT2D eigenvalue weighted by molar-refractivity contribution is 6.22. The number of para-hydroxylation sites is 1. The Morgan fingerprint density at radius 3 is 2.50 bits per heavy atom. The minimum atomic E-state index is -0.563. The first-order chi connectivity index (χ1) is 16.3. The lowest BCUT2D eigenvalue weighted by Gasteiger charge is -2.22. The van der Waals surface area contributed by atoms with Gasteiger partial charge in [0.15, 0.2) is 0 Å². The van der Waals surface area contributed by atoms with E-state index in [0.29, 0.717) is 23.4 Å². The van der Waals surface area contributed by atoms with Crippen molar-refractivity contribution in [3.8, 4) is 5.75 Å². The Morgan fingerprint density at radius 1 is 1.03 bits per heavy atom. The molecule has 0 N–H and O–H groups in total. The van der Waals surface area contributed by atoms with E-state index >= 15 is 0 Å². The van der Waals surface area contributed by atoms with E-state index in [4.69, 9.17) is 4.74 Å². The van der Waals surface area contributed by atoms with Crippen LogP contribution in [0.4, 0.5) is 11.4 Å². The predicted molar refractivity (Wildman–Crippen MR) is 126 cm³/mol. The van der Waals surface area contributed by atoms with Gasteiger partial charge in [-0.3, -0.25) is 19.2 Å². The van der Waals surface area contributed by atoms with Crippen LogP contribution in [0.3, 0.4) is 0 Å². The smallest absolute Gasteiger partial charge is 0.316 e. The number of carbonyl (C=O) groups is 4. The molecule has 2 aromatic carbocycles. The molecule has 0 saturated carbocycles. The summed E-state index contributed by atoms with van der Waals surface area (Å²) in [4.78, 5) is 54.2. The monoisotopic (exact) mass is 458 g/mol. The van der Waals surface area contributed by atoms with Crippen LogP contribution in [0.1, 0.15) is 25.3 Å². The van der Waals surface area contributed by atoms with Crippen LogP contribution in [-0.4, -0.2) is 30.2 Å². The zero-order valence-electron chi connectivity index (χ0n) is 19.1. The number of anilines is 2. The van der Waals surface area contributed by atoms with Crippen molar-refractivity contribution >= 4 is 35.1 Å². The van der Waals surface area contributed by atoms with Crippen LogP contribution in [-0.2, 0) is 19.2 Å². The highest BCUT2D eigenvalue weighted by Gasteiger charge is 2.50. The Kier molecular flexibility index (Phi) is 5.55. The molecule has 4 atom stereocenters. The molecule has 3 amide bonds. The number of benzene rings is 2. The molecule has 2 saturated heterocycles. The Bertz CT molecular complexity index is 1200. The Balaban J connectivity index is 1.29. The van der Waals surface area contributed by atoms with Crippen LogP contribution >= 0.6 is 0 Å². The van der Waals surface area contributed by atoms with Gasteiger partial charge in [0.2, 0.25) is 17.7 Å². The summed E-state index contributed by atoms with van der Waals surface area (Å²) in [5.41, 5.74) is 1.94. The SMILES string of the molecule is Cc1cc(OC(=O)[C@@H]2CC(=O)N(c3ccccc3)C2)ccc1N1C(=O)[C@H]2[C@@H](C)C=CC[C@H]2C1=O. The van der Waals surface area contributed by atoms with Crippen LogP contribution in [0.2, 0.25) is 0 Å². The van der Waals surface area contributed by atoms with E-state index in [-0.39, 0.29) is 48.4 Å². The van der Waals surface area contributed by atoms with E-state index in [2.05, 4.69) is 0 Å². The average Bonchev–Trinajstić information content (AvgIpc) is 3.33. The van der Waals surface area contributed by atoms with Gasteiger partial charge in [0, 0.05) is 18.7 Å². The van der Waals surface area contributed by atoms with E-state index in [9.17, 15) is 19.2 Å². The second kappa shape index (κ2) is 8.56. The third-order valence-corrected chi connectivity index (χ3v) is 7.03. The lowest BCUT2D eigenvalue weighted by Crippen LogP contribution is -2.32. The second-order valence-electron chi connectivity index (χ2n) is 9.28. The van der Waals surface area contributed by atoms with Gasteiger partial charge in [0.25, 0.3) is 0 Å². The van der Waals surface area contributed by atoms with E-state index in [1.54, 1.807) is 30.0 Å². The lowest BCUT2D eigenvalue weighted by atomic mass is 9.78. The summed E-state index contributed by atoms with van der Waals surface area (Å²) in [7, 11) is 0. The fourth-order valence-electron chi connectivity index (χ4n) is 5.25. The molecule has 1 aliphatic carbocycles. The number of hydrogen-bond donors (Lipinski definition) is 0. The van der Waals surface area contributed by atoms with Crippen molar-refractivity contribution in [1.29, 1.82) is 0 Å².